The van der Waals surface area contributed by atoms with Crippen LogP contribution < -0.4 is 15.4 Å². The molecule has 0 spiro atoms. The number of hydrogen-bond donors (Lipinski definition) is 2. The van der Waals surface area contributed by atoms with Crippen LogP contribution in [0, 0.1) is 17.5 Å². The zero-order valence-electron chi connectivity index (χ0n) is 14.7. The maximum Gasteiger partial charge on any atom is 0.243 e. The molecule has 0 heterocycles. The number of anilines is 2. The first-order valence-electron chi connectivity index (χ1n) is 8.47. The molecule has 0 aliphatic rings. The van der Waals surface area contributed by atoms with Gasteiger partial charge in [-0.15, -0.1) is 0 Å². The van der Waals surface area contributed by atoms with Crippen molar-refractivity contribution in [3.63, 3.8) is 0 Å². The summed E-state index contributed by atoms with van der Waals surface area (Å²) >= 11 is 0. The van der Waals surface area contributed by atoms with Gasteiger partial charge in [-0.05, 0) is 42.0 Å². The third-order valence-electron chi connectivity index (χ3n) is 3.86. The highest BCUT2D eigenvalue weighted by molar-refractivity contribution is 5.93. The van der Waals surface area contributed by atoms with Crippen LogP contribution in [0.25, 0.3) is 0 Å². The van der Waals surface area contributed by atoms with E-state index in [9.17, 15) is 18.0 Å². The molecule has 0 unspecified atom stereocenters. The Bertz CT molecular complexity index is 948. The zero-order valence-corrected chi connectivity index (χ0v) is 14.7. The number of carbonyl (C=O) groups excluding carboxylic acids is 1. The number of ether oxygens (including phenoxy) is 1. The molecule has 0 saturated carbocycles. The molecule has 144 valence electrons. The second-order valence-corrected chi connectivity index (χ2v) is 5.92. The van der Waals surface area contributed by atoms with Crippen LogP contribution in [0.15, 0.2) is 66.7 Å². The molecule has 1 amide bonds. The van der Waals surface area contributed by atoms with Gasteiger partial charge in [-0.2, -0.15) is 0 Å². The molecule has 0 saturated heterocycles. The molecular formula is C21H17F3N2O2. The second kappa shape index (κ2) is 8.94. The number of hydrogen-bond acceptors (Lipinski definition) is 3. The predicted octanol–water partition coefficient (Wildman–Crippen LogP) is 4.73. The number of nitrogens with one attached hydrogen (secondary N) is 2. The number of halogens is 3. The molecule has 0 radical (unpaired) electrons. The van der Waals surface area contributed by atoms with Gasteiger partial charge in [0.25, 0.3) is 0 Å². The molecule has 3 rings (SSSR count). The van der Waals surface area contributed by atoms with Crippen LogP contribution in [-0.4, -0.2) is 12.5 Å². The second-order valence-electron chi connectivity index (χ2n) is 5.92. The Morgan fingerprint density at radius 2 is 1.57 bits per heavy atom. The van der Waals surface area contributed by atoms with Crippen molar-refractivity contribution in [2.45, 2.75) is 6.61 Å². The van der Waals surface area contributed by atoms with Gasteiger partial charge in [-0.1, -0.05) is 30.3 Å². The van der Waals surface area contributed by atoms with Gasteiger partial charge >= 0.3 is 0 Å². The minimum Gasteiger partial charge on any atom is -0.489 e. The van der Waals surface area contributed by atoms with Crippen molar-refractivity contribution in [2.75, 3.05) is 17.2 Å². The largest absolute Gasteiger partial charge is 0.489 e. The number of carbonyl (C=O) groups is 1. The Hall–Kier alpha value is -3.48. The molecule has 3 aromatic rings. The van der Waals surface area contributed by atoms with Gasteiger partial charge in [-0.3, -0.25) is 4.79 Å². The fourth-order valence-electron chi connectivity index (χ4n) is 2.42. The van der Waals surface area contributed by atoms with Crippen molar-refractivity contribution >= 4 is 17.3 Å². The summed E-state index contributed by atoms with van der Waals surface area (Å²) in [7, 11) is 0. The Morgan fingerprint density at radius 1 is 0.857 bits per heavy atom. The van der Waals surface area contributed by atoms with E-state index < -0.39 is 23.4 Å². The van der Waals surface area contributed by atoms with Crippen molar-refractivity contribution < 1.29 is 22.7 Å². The normalized spacial score (nSPS) is 10.4. The maximum atomic E-state index is 13.6. The van der Waals surface area contributed by atoms with Crippen molar-refractivity contribution in [1.29, 1.82) is 0 Å². The molecule has 4 nitrogen and oxygen atoms in total. The predicted molar refractivity (Wildman–Crippen MR) is 101 cm³/mol. The van der Waals surface area contributed by atoms with Gasteiger partial charge in [0.2, 0.25) is 5.91 Å². The lowest BCUT2D eigenvalue weighted by Crippen LogP contribution is -2.22. The van der Waals surface area contributed by atoms with Crippen molar-refractivity contribution in [1.82, 2.24) is 0 Å². The molecule has 7 heteroatoms. The monoisotopic (exact) mass is 386 g/mol. The maximum absolute atomic E-state index is 13.6. The molecule has 2 N–H and O–H groups in total. The lowest BCUT2D eigenvalue weighted by molar-refractivity contribution is -0.114. The van der Waals surface area contributed by atoms with E-state index in [2.05, 4.69) is 10.6 Å². The Labute approximate surface area is 160 Å². The number of rotatable bonds is 7. The number of benzene rings is 3. The van der Waals surface area contributed by atoms with Crippen LogP contribution in [0.4, 0.5) is 24.5 Å². The van der Waals surface area contributed by atoms with Gasteiger partial charge in [-0.25, -0.2) is 13.2 Å². The highest BCUT2D eigenvalue weighted by atomic mass is 19.2. The van der Waals surface area contributed by atoms with Gasteiger partial charge in [0, 0.05) is 5.69 Å². The zero-order chi connectivity index (χ0) is 19.9. The van der Waals surface area contributed by atoms with E-state index in [4.69, 9.17) is 4.74 Å². The minimum atomic E-state index is -1.59. The summed E-state index contributed by atoms with van der Waals surface area (Å²) < 4.78 is 45.3. The average Bonchev–Trinajstić information content (AvgIpc) is 2.72. The van der Waals surface area contributed by atoms with Crippen molar-refractivity contribution in [3.8, 4) is 5.75 Å². The first kappa shape index (κ1) is 19.3. The Morgan fingerprint density at radius 3 is 2.29 bits per heavy atom. The van der Waals surface area contributed by atoms with Crippen LogP contribution in [-0.2, 0) is 11.4 Å². The fourth-order valence-corrected chi connectivity index (χ4v) is 2.42. The van der Waals surface area contributed by atoms with Gasteiger partial charge < -0.3 is 15.4 Å². The first-order chi connectivity index (χ1) is 13.5. The average molecular weight is 386 g/mol. The summed E-state index contributed by atoms with van der Waals surface area (Å²) in [6.45, 7) is 0.116. The van der Waals surface area contributed by atoms with E-state index >= 15 is 0 Å². The topological polar surface area (TPSA) is 50.4 Å². The van der Waals surface area contributed by atoms with Gasteiger partial charge in [0.1, 0.15) is 12.4 Å². The van der Waals surface area contributed by atoms with E-state index in [1.54, 1.807) is 24.3 Å². The van der Waals surface area contributed by atoms with Gasteiger partial charge in [0.15, 0.2) is 17.5 Å². The summed E-state index contributed by atoms with van der Waals surface area (Å²) in [5, 5.41) is 5.04. The SMILES string of the molecule is O=C(CNc1ccc(F)c(F)c1F)Nc1ccc(OCc2ccccc2)cc1. The van der Waals surface area contributed by atoms with Crippen molar-refractivity contribution in [2.24, 2.45) is 0 Å². The third kappa shape index (κ3) is 5.03. The Balaban J connectivity index is 1.50. The van der Waals surface area contributed by atoms with Gasteiger partial charge in [0.05, 0.1) is 12.2 Å². The molecule has 0 atom stereocenters. The molecule has 0 aliphatic carbocycles. The Kier molecular flexibility index (Phi) is 6.16. The minimum absolute atomic E-state index is 0.293. The van der Waals surface area contributed by atoms with E-state index in [0.717, 1.165) is 17.7 Å². The lowest BCUT2D eigenvalue weighted by Gasteiger charge is -2.10. The van der Waals surface area contributed by atoms with Crippen LogP contribution in [0.2, 0.25) is 0 Å². The van der Waals surface area contributed by atoms with Crippen LogP contribution in [0.5, 0.6) is 5.75 Å². The van der Waals surface area contributed by atoms with E-state index in [0.29, 0.717) is 18.0 Å². The molecule has 0 fully saturated rings. The lowest BCUT2D eigenvalue weighted by atomic mass is 10.2. The molecule has 0 aliphatic heterocycles. The summed E-state index contributed by atoms with van der Waals surface area (Å²) in [5.74, 6) is -4.07. The molecule has 3 aromatic carbocycles. The molecule has 28 heavy (non-hydrogen) atoms. The molecule has 0 aromatic heterocycles. The van der Waals surface area contributed by atoms with Crippen LogP contribution >= 0.6 is 0 Å². The standard InChI is InChI=1S/C21H17F3N2O2/c22-17-10-11-18(21(24)20(17)23)25-12-19(27)26-15-6-8-16(9-7-15)28-13-14-4-2-1-3-5-14/h1-11,25H,12-13H2,(H,26,27). The van der Waals surface area contributed by atoms with Crippen LogP contribution in [0.3, 0.4) is 0 Å². The highest BCUT2D eigenvalue weighted by Crippen LogP contribution is 2.20. The quantitative estimate of drug-likeness (QED) is 0.577. The molecular weight excluding hydrogens is 369 g/mol. The smallest absolute Gasteiger partial charge is 0.243 e. The van der Waals surface area contributed by atoms with E-state index in [1.807, 2.05) is 30.3 Å². The fraction of sp³-hybridized carbons (Fsp3) is 0.0952. The van der Waals surface area contributed by atoms with Crippen LogP contribution in [0.1, 0.15) is 5.56 Å². The molecule has 0 bridgehead atoms. The van der Waals surface area contributed by atoms with Crippen molar-refractivity contribution in [3.05, 3.63) is 89.7 Å². The first-order valence-corrected chi connectivity index (χ1v) is 8.47. The van der Waals surface area contributed by atoms with E-state index in [-0.39, 0.29) is 12.2 Å². The summed E-state index contributed by atoms with van der Waals surface area (Å²) in [4.78, 5) is 11.9. The third-order valence-corrected chi connectivity index (χ3v) is 3.86. The highest BCUT2D eigenvalue weighted by Gasteiger charge is 2.14. The summed E-state index contributed by atoms with van der Waals surface area (Å²) in [6.07, 6.45) is 0. The number of amides is 1. The van der Waals surface area contributed by atoms with E-state index in [1.165, 1.54) is 0 Å². The summed E-state index contributed by atoms with van der Waals surface area (Å²) in [5.41, 5.74) is 1.26. The summed E-state index contributed by atoms with van der Waals surface area (Å²) in [6, 6.07) is 18.3.